The van der Waals surface area contributed by atoms with E-state index in [0.29, 0.717) is 18.7 Å². The summed E-state index contributed by atoms with van der Waals surface area (Å²) in [4.78, 5) is 26.0. The summed E-state index contributed by atoms with van der Waals surface area (Å²) in [6.07, 6.45) is 1.86. The van der Waals surface area contributed by atoms with Crippen LogP contribution in [0.15, 0.2) is 18.2 Å². The average Bonchev–Trinajstić information content (AvgIpc) is 2.54. The molecule has 0 radical (unpaired) electrons. The number of hydrogen-bond acceptors (Lipinski definition) is 3. The normalized spacial score (nSPS) is 18.1. The number of aryl methyl sites for hydroxylation is 2. The van der Waals surface area contributed by atoms with Gasteiger partial charge in [0.2, 0.25) is 5.91 Å². The molecule has 2 rings (SSSR count). The van der Waals surface area contributed by atoms with Crippen molar-refractivity contribution in [2.75, 3.05) is 26.2 Å². The number of nitrogens with one attached hydrogen (secondary N) is 1. The van der Waals surface area contributed by atoms with Crippen LogP contribution in [0.25, 0.3) is 0 Å². The van der Waals surface area contributed by atoms with Crippen LogP contribution in [0.4, 0.5) is 0 Å². The second kappa shape index (κ2) is 7.40. The summed E-state index contributed by atoms with van der Waals surface area (Å²) in [7, 11) is 0. The van der Waals surface area contributed by atoms with Gasteiger partial charge in [0.15, 0.2) is 0 Å². The fourth-order valence-electron chi connectivity index (χ4n) is 2.69. The van der Waals surface area contributed by atoms with Gasteiger partial charge >= 0.3 is 0 Å². The quantitative estimate of drug-likeness (QED) is 0.880. The van der Waals surface area contributed by atoms with Gasteiger partial charge in [-0.25, -0.2) is 0 Å². The highest BCUT2D eigenvalue weighted by atomic mass is 16.3. The van der Waals surface area contributed by atoms with Crippen LogP contribution >= 0.6 is 0 Å². The molecular formula is C17H24N2O3. The third-order valence-electron chi connectivity index (χ3n) is 4.30. The van der Waals surface area contributed by atoms with E-state index in [1.54, 1.807) is 11.0 Å². The molecule has 5 nitrogen and oxygen atoms in total. The van der Waals surface area contributed by atoms with Crippen molar-refractivity contribution in [2.24, 2.45) is 5.92 Å². The summed E-state index contributed by atoms with van der Waals surface area (Å²) in [5, 5.41) is 11.9. The maximum Gasteiger partial charge on any atom is 0.251 e. The molecular weight excluding hydrogens is 280 g/mol. The molecule has 1 aliphatic rings. The Morgan fingerprint density at radius 2 is 2.09 bits per heavy atom. The summed E-state index contributed by atoms with van der Waals surface area (Å²) in [6, 6.07) is 5.51. The Morgan fingerprint density at radius 3 is 2.77 bits per heavy atom. The molecule has 1 saturated heterocycles. The average molecular weight is 304 g/mol. The van der Waals surface area contributed by atoms with Crippen LogP contribution < -0.4 is 5.32 Å². The third kappa shape index (κ3) is 4.07. The van der Waals surface area contributed by atoms with Gasteiger partial charge in [0.25, 0.3) is 5.91 Å². The van der Waals surface area contributed by atoms with Crippen LogP contribution in [-0.4, -0.2) is 48.1 Å². The molecule has 2 amide bonds. The molecule has 0 bridgehead atoms. The maximum absolute atomic E-state index is 12.1. The first kappa shape index (κ1) is 16.5. The van der Waals surface area contributed by atoms with E-state index < -0.39 is 0 Å². The van der Waals surface area contributed by atoms with Crippen molar-refractivity contribution in [2.45, 2.75) is 26.7 Å². The highest BCUT2D eigenvalue weighted by Crippen LogP contribution is 2.15. The Hall–Kier alpha value is -1.88. The number of amides is 2. The Balaban J connectivity index is 1.87. The minimum atomic E-state index is -0.229. The molecule has 2 N–H and O–H groups in total. The van der Waals surface area contributed by atoms with Gasteiger partial charge in [-0.2, -0.15) is 0 Å². The van der Waals surface area contributed by atoms with E-state index in [1.807, 2.05) is 26.0 Å². The van der Waals surface area contributed by atoms with Crippen molar-refractivity contribution in [3.63, 3.8) is 0 Å². The van der Waals surface area contributed by atoms with Crippen LogP contribution in [0, 0.1) is 19.8 Å². The number of nitrogens with zero attached hydrogens (tertiary/aromatic N) is 1. The monoisotopic (exact) mass is 304 g/mol. The Kier molecular flexibility index (Phi) is 5.55. The zero-order valence-electron chi connectivity index (χ0n) is 13.3. The highest BCUT2D eigenvalue weighted by molar-refractivity contribution is 5.96. The molecule has 1 aliphatic heterocycles. The van der Waals surface area contributed by atoms with Crippen LogP contribution in [0.3, 0.4) is 0 Å². The van der Waals surface area contributed by atoms with Crippen LogP contribution in [0.2, 0.25) is 0 Å². The van der Waals surface area contributed by atoms with Crippen molar-refractivity contribution in [3.8, 4) is 0 Å². The molecule has 0 spiro atoms. The van der Waals surface area contributed by atoms with Crippen LogP contribution in [0.5, 0.6) is 0 Å². The van der Waals surface area contributed by atoms with E-state index in [1.165, 1.54) is 0 Å². The van der Waals surface area contributed by atoms with E-state index >= 15 is 0 Å². The lowest BCUT2D eigenvalue weighted by Crippen LogP contribution is -2.45. The van der Waals surface area contributed by atoms with Crippen molar-refractivity contribution in [1.29, 1.82) is 0 Å². The van der Waals surface area contributed by atoms with Crippen LogP contribution in [-0.2, 0) is 4.79 Å². The Bertz CT molecular complexity index is 557. The number of piperidine rings is 1. The Labute approximate surface area is 131 Å². The van der Waals surface area contributed by atoms with Crippen molar-refractivity contribution < 1.29 is 14.7 Å². The highest BCUT2D eigenvalue weighted by Gasteiger charge is 2.23. The number of carbonyl (C=O) groups is 2. The predicted molar refractivity (Wildman–Crippen MR) is 84.6 cm³/mol. The number of benzene rings is 1. The zero-order valence-corrected chi connectivity index (χ0v) is 13.3. The minimum absolute atomic E-state index is 0.00387. The van der Waals surface area contributed by atoms with Gasteiger partial charge in [0.1, 0.15) is 0 Å². The van der Waals surface area contributed by atoms with E-state index in [2.05, 4.69) is 5.32 Å². The topological polar surface area (TPSA) is 69.6 Å². The molecule has 1 unspecified atom stereocenters. The molecule has 1 aromatic carbocycles. The number of aliphatic hydroxyl groups excluding tert-OH is 1. The standard InChI is InChI=1S/C17H24N2O3/c1-12-5-6-15(8-13(12)2)17(22)18-9-16(21)19-7-3-4-14(10-19)11-20/h5-6,8,14,20H,3-4,7,9-11H2,1-2H3,(H,18,22). The lowest BCUT2D eigenvalue weighted by Gasteiger charge is -2.31. The number of carbonyl (C=O) groups excluding carboxylic acids is 2. The van der Waals surface area contributed by atoms with Crippen LogP contribution in [0.1, 0.15) is 34.3 Å². The second-order valence-electron chi connectivity index (χ2n) is 6.01. The smallest absolute Gasteiger partial charge is 0.251 e. The van der Waals surface area contributed by atoms with E-state index in [4.69, 9.17) is 0 Å². The predicted octanol–water partition coefficient (Wildman–Crippen LogP) is 1.26. The molecule has 0 saturated carbocycles. The van der Waals surface area contributed by atoms with E-state index in [-0.39, 0.29) is 30.9 Å². The maximum atomic E-state index is 12.1. The van der Waals surface area contributed by atoms with Gasteiger partial charge in [-0.15, -0.1) is 0 Å². The van der Waals surface area contributed by atoms with Gasteiger partial charge in [-0.05, 0) is 55.9 Å². The molecule has 1 atom stereocenters. The molecule has 120 valence electrons. The fourth-order valence-corrected chi connectivity index (χ4v) is 2.69. The first-order valence-electron chi connectivity index (χ1n) is 7.75. The molecule has 22 heavy (non-hydrogen) atoms. The molecule has 5 heteroatoms. The largest absolute Gasteiger partial charge is 0.396 e. The number of rotatable bonds is 4. The van der Waals surface area contributed by atoms with Crippen molar-refractivity contribution >= 4 is 11.8 Å². The van der Waals surface area contributed by atoms with Gasteiger partial charge in [0.05, 0.1) is 6.54 Å². The number of hydrogen-bond donors (Lipinski definition) is 2. The van der Waals surface area contributed by atoms with Gasteiger partial charge < -0.3 is 15.3 Å². The van der Waals surface area contributed by atoms with Gasteiger partial charge in [0, 0.05) is 25.3 Å². The van der Waals surface area contributed by atoms with Crippen molar-refractivity contribution in [1.82, 2.24) is 10.2 Å². The van der Waals surface area contributed by atoms with Crippen molar-refractivity contribution in [3.05, 3.63) is 34.9 Å². The summed E-state index contributed by atoms with van der Waals surface area (Å²) < 4.78 is 0. The second-order valence-corrected chi connectivity index (χ2v) is 6.01. The van der Waals surface area contributed by atoms with Gasteiger partial charge in [-0.3, -0.25) is 9.59 Å². The molecule has 0 aliphatic carbocycles. The summed E-state index contributed by atoms with van der Waals surface area (Å²) in [5.41, 5.74) is 2.76. The minimum Gasteiger partial charge on any atom is -0.396 e. The van der Waals surface area contributed by atoms with E-state index in [0.717, 1.165) is 24.0 Å². The summed E-state index contributed by atoms with van der Waals surface area (Å²) in [6.45, 7) is 5.35. The summed E-state index contributed by atoms with van der Waals surface area (Å²) in [5.74, 6) is -0.157. The summed E-state index contributed by atoms with van der Waals surface area (Å²) >= 11 is 0. The fraction of sp³-hybridized carbons (Fsp3) is 0.529. The van der Waals surface area contributed by atoms with E-state index in [9.17, 15) is 14.7 Å². The third-order valence-corrected chi connectivity index (χ3v) is 4.30. The first-order chi connectivity index (χ1) is 10.5. The number of aliphatic hydroxyl groups is 1. The molecule has 1 aromatic rings. The van der Waals surface area contributed by atoms with Gasteiger partial charge in [-0.1, -0.05) is 6.07 Å². The zero-order chi connectivity index (χ0) is 16.1. The molecule has 0 aromatic heterocycles. The number of likely N-dealkylation sites (tertiary alicyclic amines) is 1. The first-order valence-corrected chi connectivity index (χ1v) is 7.75. The molecule has 1 fully saturated rings. The molecule has 1 heterocycles. The Morgan fingerprint density at radius 1 is 1.32 bits per heavy atom. The lowest BCUT2D eigenvalue weighted by molar-refractivity contribution is -0.132. The SMILES string of the molecule is Cc1ccc(C(=O)NCC(=O)N2CCCC(CO)C2)cc1C. The lowest BCUT2D eigenvalue weighted by atomic mass is 9.99.